The van der Waals surface area contributed by atoms with Gasteiger partial charge in [0.25, 0.3) is 17.7 Å². The van der Waals surface area contributed by atoms with Gasteiger partial charge in [-0.25, -0.2) is 9.78 Å². The average molecular weight is 511 g/mol. The summed E-state index contributed by atoms with van der Waals surface area (Å²) in [6.45, 7) is 1.49. The number of carboxylic acids is 1. The molecule has 0 spiro atoms. The highest BCUT2D eigenvalue weighted by molar-refractivity contribution is 6.34. The molecule has 1 aromatic heterocycles. The number of nitrogens with zero attached hydrogens (tertiary/aromatic N) is 1. The highest BCUT2D eigenvalue weighted by atomic mass is 35.5. The number of carboxylic acid groups (broad SMARTS) is 1. The number of aryl methyl sites for hydroxylation is 1. The Morgan fingerprint density at radius 2 is 1.69 bits per heavy atom. The van der Waals surface area contributed by atoms with Gasteiger partial charge in [0.1, 0.15) is 17.5 Å². The lowest BCUT2D eigenvalue weighted by Crippen LogP contribution is -2.48. The Bertz CT molecular complexity index is 1310. The zero-order chi connectivity index (χ0) is 26.2. The SMILES string of the molecule is Cc1cccc(C(=O)NC[C@H](NC(=O)c2ccc(C(=O)NCc3cccc(O)c3)cc2Cl)C(=O)O)n1. The summed E-state index contributed by atoms with van der Waals surface area (Å²) in [6, 6.07) is 13.8. The minimum Gasteiger partial charge on any atom is -0.508 e. The molecule has 11 heteroatoms. The van der Waals surface area contributed by atoms with Crippen LogP contribution in [-0.2, 0) is 11.3 Å². The van der Waals surface area contributed by atoms with Crippen LogP contribution in [0, 0.1) is 6.92 Å². The van der Waals surface area contributed by atoms with E-state index in [9.17, 15) is 29.4 Å². The van der Waals surface area contributed by atoms with Gasteiger partial charge in [0.15, 0.2) is 0 Å². The first-order chi connectivity index (χ1) is 17.1. The Morgan fingerprint density at radius 1 is 0.944 bits per heavy atom. The van der Waals surface area contributed by atoms with Gasteiger partial charge >= 0.3 is 5.97 Å². The lowest BCUT2D eigenvalue weighted by molar-refractivity contribution is -0.139. The summed E-state index contributed by atoms with van der Waals surface area (Å²) in [5.74, 6) is -3.12. The number of phenols is 1. The predicted octanol–water partition coefficient (Wildman–Crippen LogP) is 2.29. The van der Waals surface area contributed by atoms with E-state index in [2.05, 4.69) is 20.9 Å². The van der Waals surface area contributed by atoms with Gasteiger partial charge in [0.2, 0.25) is 0 Å². The van der Waals surface area contributed by atoms with Crippen LogP contribution < -0.4 is 16.0 Å². The summed E-state index contributed by atoms with van der Waals surface area (Å²) >= 11 is 6.19. The Kier molecular flexibility index (Phi) is 8.58. The molecule has 36 heavy (non-hydrogen) atoms. The summed E-state index contributed by atoms with van der Waals surface area (Å²) in [4.78, 5) is 53.0. The monoisotopic (exact) mass is 510 g/mol. The zero-order valence-corrected chi connectivity index (χ0v) is 19.9. The van der Waals surface area contributed by atoms with Gasteiger partial charge in [-0.05, 0) is 55.0 Å². The zero-order valence-electron chi connectivity index (χ0n) is 19.1. The third-order valence-corrected chi connectivity index (χ3v) is 5.34. The third kappa shape index (κ3) is 7.03. The molecular formula is C25H23ClN4O6. The fraction of sp³-hybridized carbons (Fsp3) is 0.160. The maximum absolute atomic E-state index is 12.7. The van der Waals surface area contributed by atoms with Crippen LogP contribution in [0.5, 0.6) is 5.75 Å². The number of nitrogens with one attached hydrogen (secondary N) is 3. The Morgan fingerprint density at radius 3 is 2.36 bits per heavy atom. The molecule has 1 heterocycles. The number of rotatable bonds is 9. The number of hydrogen-bond acceptors (Lipinski definition) is 6. The molecule has 3 amide bonds. The van der Waals surface area contributed by atoms with E-state index in [1.54, 1.807) is 31.2 Å². The third-order valence-electron chi connectivity index (χ3n) is 5.03. The Balaban J connectivity index is 1.61. The molecule has 5 N–H and O–H groups in total. The molecule has 0 radical (unpaired) electrons. The van der Waals surface area contributed by atoms with Crippen LogP contribution in [0.3, 0.4) is 0 Å². The second-order valence-corrected chi connectivity index (χ2v) is 8.19. The number of halogens is 1. The first-order valence-electron chi connectivity index (χ1n) is 10.7. The highest BCUT2D eigenvalue weighted by Gasteiger charge is 2.23. The number of benzene rings is 2. The fourth-order valence-corrected chi connectivity index (χ4v) is 3.45. The van der Waals surface area contributed by atoms with Gasteiger partial charge in [-0.3, -0.25) is 14.4 Å². The number of phenolic OH excluding ortho intramolecular Hbond substituents is 1. The normalized spacial score (nSPS) is 11.3. The van der Waals surface area contributed by atoms with Gasteiger partial charge in [-0.15, -0.1) is 0 Å². The standard InChI is InChI=1S/C25H23ClN4O6/c1-14-4-2-7-20(29-14)24(34)28-13-21(25(35)36)30-23(33)18-9-8-16(11-19(18)26)22(32)27-12-15-5-3-6-17(31)10-15/h2-11,21,31H,12-13H2,1H3,(H,27,32)(H,28,34)(H,30,33)(H,35,36)/t21-/m0/s1. The number of pyridine rings is 1. The molecule has 1 atom stereocenters. The average Bonchev–Trinajstić information content (AvgIpc) is 2.84. The van der Waals surface area contributed by atoms with E-state index in [4.69, 9.17) is 11.6 Å². The fourth-order valence-electron chi connectivity index (χ4n) is 3.18. The van der Waals surface area contributed by atoms with Crippen LogP contribution in [0.2, 0.25) is 5.02 Å². The van der Waals surface area contributed by atoms with E-state index in [1.807, 2.05) is 0 Å². The van der Waals surface area contributed by atoms with Crippen molar-refractivity contribution in [1.82, 2.24) is 20.9 Å². The van der Waals surface area contributed by atoms with E-state index in [0.717, 1.165) is 0 Å². The van der Waals surface area contributed by atoms with Crippen LogP contribution in [0.25, 0.3) is 0 Å². The van der Waals surface area contributed by atoms with Crippen LogP contribution >= 0.6 is 11.6 Å². The summed E-state index contributed by atoms with van der Waals surface area (Å²) in [7, 11) is 0. The van der Waals surface area contributed by atoms with Gasteiger partial charge in [-0.1, -0.05) is 29.8 Å². The minimum absolute atomic E-state index is 0.0425. The van der Waals surface area contributed by atoms with Crippen molar-refractivity contribution in [2.45, 2.75) is 19.5 Å². The molecule has 0 unspecified atom stereocenters. The largest absolute Gasteiger partial charge is 0.508 e. The minimum atomic E-state index is -1.44. The second-order valence-electron chi connectivity index (χ2n) is 7.79. The maximum atomic E-state index is 12.7. The number of aliphatic carboxylic acids is 1. The molecule has 0 aliphatic heterocycles. The molecule has 3 rings (SSSR count). The Labute approximate surface area is 211 Å². The first-order valence-corrected chi connectivity index (χ1v) is 11.1. The van der Waals surface area contributed by atoms with Crippen LogP contribution in [0.15, 0.2) is 60.7 Å². The molecule has 10 nitrogen and oxygen atoms in total. The van der Waals surface area contributed by atoms with Gasteiger partial charge in [0, 0.05) is 24.3 Å². The number of aromatic nitrogens is 1. The summed E-state index contributed by atoms with van der Waals surface area (Å²) < 4.78 is 0. The van der Waals surface area contributed by atoms with E-state index in [-0.39, 0.29) is 40.7 Å². The maximum Gasteiger partial charge on any atom is 0.328 e. The van der Waals surface area contributed by atoms with Gasteiger partial charge in [-0.2, -0.15) is 0 Å². The molecule has 186 valence electrons. The Hall–Kier alpha value is -4.44. The van der Waals surface area contributed by atoms with E-state index in [0.29, 0.717) is 11.3 Å². The molecule has 2 aromatic carbocycles. The van der Waals surface area contributed by atoms with Crippen molar-refractivity contribution in [2.75, 3.05) is 6.54 Å². The molecular weight excluding hydrogens is 488 g/mol. The van der Waals surface area contributed by atoms with E-state index in [1.165, 1.54) is 36.4 Å². The molecule has 0 fully saturated rings. The van der Waals surface area contributed by atoms with Crippen molar-refractivity contribution in [2.24, 2.45) is 0 Å². The van der Waals surface area contributed by atoms with Crippen LogP contribution in [0.1, 0.15) is 42.5 Å². The predicted molar refractivity (Wildman–Crippen MR) is 131 cm³/mol. The number of amides is 3. The smallest absolute Gasteiger partial charge is 0.328 e. The molecule has 0 aliphatic rings. The lowest BCUT2D eigenvalue weighted by Gasteiger charge is -2.16. The van der Waals surface area contributed by atoms with Crippen molar-refractivity contribution in [3.05, 3.63) is 93.8 Å². The van der Waals surface area contributed by atoms with E-state index >= 15 is 0 Å². The topological polar surface area (TPSA) is 158 Å². The molecule has 0 aliphatic carbocycles. The number of aromatic hydroxyl groups is 1. The van der Waals surface area contributed by atoms with E-state index < -0.39 is 29.7 Å². The number of carbonyl (C=O) groups excluding carboxylic acids is 3. The van der Waals surface area contributed by atoms with Crippen molar-refractivity contribution in [1.29, 1.82) is 0 Å². The first kappa shape index (κ1) is 26.2. The molecule has 0 bridgehead atoms. The van der Waals surface area contributed by atoms with Gasteiger partial charge in [0.05, 0.1) is 10.6 Å². The van der Waals surface area contributed by atoms with Crippen molar-refractivity contribution in [3.63, 3.8) is 0 Å². The number of hydrogen-bond donors (Lipinski definition) is 5. The van der Waals surface area contributed by atoms with Crippen molar-refractivity contribution in [3.8, 4) is 5.75 Å². The van der Waals surface area contributed by atoms with Crippen LogP contribution in [-0.4, -0.2) is 51.5 Å². The summed E-state index contributed by atoms with van der Waals surface area (Å²) in [5.41, 5.74) is 1.57. The van der Waals surface area contributed by atoms with Crippen LogP contribution in [0.4, 0.5) is 0 Å². The van der Waals surface area contributed by atoms with Crippen molar-refractivity contribution < 1.29 is 29.4 Å². The highest BCUT2D eigenvalue weighted by Crippen LogP contribution is 2.19. The number of carbonyl (C=O) groups is 4. The summed E-state index contributed by atoms with van der Waals surface area (Å²) in [6.07, 6.45) is 0. The summed E-state index contributed by atoms with van der Waals surface area (Å²) in [5, 5.41) is 26.3. The molecule has 0 saturated carbocycles. The van der Waals surface area contributed by atoms with Gasteiger partial charge < -0.3 is 26.2 Å². The molecule has 3 aromatic rings. The van der Waals surface area contributed by atoms with Crippen molar-refractivity contribution >= 4 is 35.3 Å². The lowest BCUT2D eigenvalue weighted by atomic mass is 10.1. The molecule has 0 saturated heterocycles. The second kappa shape index (κ2) is 11.8. The quantitative estimate of drug-likeness (QED) is 0.295.